The van der Waals surface area contributed by atoms with E-state index < -0.39 is 0 Å². The Hall–Kier alpha value is -0.910. The van der Waals surface area contributed by atoms with Crippen LogP contribution in [0.25, 0.3) is 10.9 Å². The quantitative estimate of drug-likeness (QED) is 0.612. The summed E-state index contributed by atoms with van der Waals surface area (Å²) >= 11 is 2.40. The maximum Gasteiger partial charge on any atom is 0.162 e. The lowest BCUT2D eigenvalue weighted by atomic mass is 10.2. The molecule has 0 saturated carbocycles. The summed E-state index contributed by atoms with van der Waals surface area (Å²) in [4.78, 5) is 0. The summed E-state index contributed by atoms with van der Waals surface area (Å²) in [6.07, 6.45) is 3.30. The number of ether oxygens (including phenoxy) is 2. The lowest BCUT2D eigenvalue weighted by Crippen LogP contribution is -1.97. The van der Waals surface area contributed by atoms with Crippen molar-refractivity contribution in [1.82, 2.24) is 4.57 Å². The van der Waals surface area contributed by atoms with E-state index in [0.29, 0.717) is 0 Å². The first kappa shape index (κ1) is 12.5. The van der Waals surface area contributed by atoms with Gasteiger partial charge < -0.3 is 14.0 Å². The second kappa shape index (κ2) is 5.62. The Kier molecular flexibility index (Phi) is 4.15. The molecule has 1 aromatic carbocycles. The summed E-state index contributed by atoms with van der Waals surface area (Å²) in [5, 5.41) is 1.19. The number of nitrogens with zero attached hydrogens (tertiary/aromatic N) is 1. The highest BCUT2D eigenvalue weighted by Gasteiger charge is 2.08. The topological polar surface area (TPSA) is 23.4 Å². The minimum absolute atomic E-state index is 0.784. The predicted molar refractivity (Wildman–Crippen MR) is 78.5 cm³/mol. The van der Waals surface area contributed by atoms with Crippen molar-refractivity contribution in [1.29, 1.82) is 0 Å². The zero-order valence-corrected chi connectivity index (χ0v) is 12.2. The number of methoxy groups -OCH3 is 2. The number of hydrogen-bond acceptors (Lipinski definition) is 2. The molecule has 92 valence electrons. The van der Waals surface area contributed by atoms with Crippen LogP contribution in [0, 0.1) is 0 Å². The summed E-state index contributed by atoms with van der Waals surface area (Å²) in [5.74, 6) is 1.57. The number of hydrogen-bond donors (Lipinski definition) is 0. The van der Waals surface area contributed by atoms with Crippen LogP contribution in [0.5, 0.6) is 11.5 Å². The molecule has 3 nitrogen and oxygen atoms in total. The summed E-state index contributed by atoms with van der Waals surface area (Å²) in [7, 11) is 3.33. The highest BCUT2D eigenvalue weighted by Crippen LogP contribution is 2.32. The lowest BCUT2D eigenvalue weighted by Gasteiger charge is -2.09. The monoisotopic (exact) mass is 345 g/mol. The average molecular weight is 345 g/mol. The van der Waals surface area contributed by atoms with E-state index in [-0.39, 0.29) is 0 Å². The van der Waals surface area contributed by atoms with E-state index in [9.17, 15) is 0 Å². The van der Waals surface area contributed by atoms with Gasteiger partial charge in [0.1, 0.15) is 0 Å². The maximum absolute atomic E-state index is 5.33. The van der Waals surface area contributed by atoms with Crippen LogP contribution in [0.15, 0.2) is 24.4 Å². The fourth-order valence-corrected chi connectivity index (χ4v) is 2.28. The number of benzene rings is 1. The van der Waals surface area contributed by atoms with Crippen LogP contribution in [0.1, 0.15) is 6.42 Å². The molecule has 17 heavy (non-hydrogen) atoms. The van der Waals surface area contributed by atoms with Crippen molar-refractivity contribution in [3.63, 3.8) is 0 Å². The van der Waals surface area contributed by atoms with Crippen LogP contribution in [0.4, 0.5) is 0 Å². The van der Waals surface area contributed by atoms with E-state index >= 15 is 0 Å². The highest BCUT2D eigenvalue weighted by molar-refractivity contribution is 14.1. The number of fused-ring (bicyclic) bond motifs is 1. The van der Waals surface area contributed by atoms with Gasteiger partial charge in [0.05, 0.1) is 19.7 Å². The Morgan fingerprint density at radius 1 is 1.18 bits per heavy atom. The molecule has 1 aromatic heterocycles. The van der Waals surface area contributed by atoms with Gasteiger partial charge >= 0.3 is 0 Å². The molecule has 0 spiro atoms. The molecular weight excluding hydrogens is 329 g/mol. The fourth-order valence-electron chi connectivity index (χ4n) is 1.94. The molecule has 0 bridgehead atoms. The van der Waals surface area contributed by atoms with Gasteiger partial charge in [-0.2, -0.15) is 0 Å². The molecule has 1 heterocycles. The van der Waals surface area contributed by atoms with Crippen LogP contribution in [-0.2, 0) is 6.54 Å². The summed E-state index contributed by atoms with van der Waals surface area (Å²) < 4.78 is 14.1. The molecule has 0 N–H and O–H groups in total. The molecule has 4 heteroatoms. The van der Waals surface area contributed by atoms with E-state index in [4.69, 9.17) is 9.47 Å². The Morgan fingerprint density at radius 3 is 2.53 bits per heavy atom. The Bertz CT molecular complexity index is 507. The van der Waals surface area contributed by atoms with Crippen molar-refractivity contribution >= 4 is 33.5 Å². The zero-order chi connectivity index (χ0) is 12.3. The zero-order valence-electron chi connectivity index (χ0n) is 10.1. The third-order valence-corrected chi connectivity index (χ3v) is 3.57. The van der Waals surface area contributed by atoms with Crippen molar-refractivity contribution in [2.24, 2.45) is 0 Å². The van der Waals surface area contributed by atoms with Gasteiger partial charge in [-0.3, -0.25) is 0 Å². The number of rotatable bonds is 5. The first-order chi connectivity index (χ1) is 8.30. The average Bonchev–Trinajstić information content (AvgIpc) is 2.76. The van der Waals surface area contributed by atoms with Crippen LogP contribution >= 0.6 is 22.6 Å². The minimum Gasteiger partial charge on any atom is -0.493 e. The van der Waals surface area contributed by atoms with Gasteiger partial charge in [-0.25, -0.2) is 0 Å². The number of aryl methyl sites for hydroxylation is 1. The SMILES string of the molecule is COc1cc2ccn(CCCI)c2cc1OC. The normalized spacial score (nSPS) is 10.8. The van der Waals surface area contributed by atoms with Gasteiger partial charge in [0, 0.05) is 28.6 Å². The van der Waals surface area contributed by atoms with Gasteiger partial charge in [-0.1, -0.05) is 22.6 Å². The maximum atomic E-state index is 5.33. The van der Waals surface area contributed by atoms with Gasteiger partial charge in [-0.05, 0) is 18.6 Å². The van der Waals surface area contributed by atoms with Crippen LogP contribution in [0.3, 0.4) is 0 Å². The van der Waals surface area contributed by atoms with E-state index in [0.717, 1.165) is 18.0 Å². The smallest absolute Gasteiger partial charge is 0.162 e. The minimum atomic E-state index is 0.784. The Morgan fingerprint density at radius 2 is 1.88 bits per heavy atom. The summed E-state index contributed by atoms with van der Waals surface area (Å²) in [6.45, 7) is 1.04. The predicted octanol–water partition coefficient (Wildman–Crippen LogP) is 3.48. The van der Waals surface area contributed by atoms with Crippen molar-refractivity contribution < 1.29 is 9.47 Å². The molecule has 0 saturated heterocycles. The molecule has 0 aliphatic carbocycles. The molecular formula is C13H16INO2. The molecule has 0 unspecified atom stereocenters. The molecule has 0 fully saturated rings. The van der Waals surface area contributed by atoms with E-state index in [1.165, 1.54) is 21.8 Å². The van der Waals surface area contributed by atoms with E-state index in [1.54, 1.807) is 14.2 Å². The second-order valence-electron chi connectivity index (χ2n) is 3.82. The summed E-state index contributed by atoms with van der Waals surface area (Å²) in [6, 6.07) is 6.18. The van der Waals surface area contributed by atoms with E-state index in [2.05, 4.69) is 39.4 Å². The number of aromatic nitrogens is 1. The molecule has 0 atom stereocenters. The fraction of sp³-hybridized carbons (Fsp3) is 0.385. The number of halogens is 1. The first-order valence-corrected chi connectivity index (χ1v) is 7.09. The van der Waals surface area contributed by atoms with Crippen molar-refractivity contribution in [3.05, 3.63) is 24.4 Å². The Balaban J connectivity index is 2.45. The van der Waals surface area contributed by atoms with Gasteiger partial charge in [0.25, 0.3) is 0 Å². The van der Waals surface area contributed by atoms with Crippen LogP contribution < -0.4 is 9.47 Å². The first-order valence-electron chi connectivity index (χ1n) is 5.57. The van der Waals surface area contributed by atoms with Crippen molar-refractivity contribution in [3.8, 4) is 11.5 Å². The Labute approximate surface area is 115 Å². The standard InChI is InChI=1S/C13H16INO2/c1-16-12-8-10-4-7-15(6-3-5-14)11(10)9-13(12)17-2/h4,7-9H,3,5-6H2,1-2H3. The van der Waals surface area contributed by atoms with Gasteiger partial charge in [-0.15, -0.1) is 0 Å². The second-order valence-corrected chi connectivity index (χ2v) is 4.90. The molecule has 2 aromatic rings. The van der Waals surface area contributed by atoms with Crippen LogP contribution in [-0.4, -0.2) is 23.2 Å². The lowest BCUT2D eigenvalue weighted by molar-refractivity contribution is 0.355. The number of alkyl halides is 1. The molecule has 0 aliphatic heterocycles. The molecule has 0 amide bonds. The van der Waals surface area contributed by atoms with Crippen LogP contribution in [0.2, 0.25) is 0 Å². The van der Waals surface area contributed by atoms with Gasteiger partial charge in [0.2, 0.25) is 0 Å². The van der Waals surface area contributed by atoms with E-state index in [1.807, 2.05) is 12.1 Å². The highest BCUT2D eigenvalue weighted by atomic mass is 127. The van der Waals surface area contributed by atoms with Crippen molar-refractivity contribution in [2.45, 2.75) is 13.0 Å². The summed E-state index contributed by atoms with van der Waals surface area (Å²) in [5.41, 5.74) is 1.20. The molecule has 0 radical (unpaired) electrons. The van der Waals surface area contributed by atoms with Crippen molar-refractivity contribution in [2.75, 3.05) is 18.6 Å². The van der Waals surface area contributed by atoms with Gasteiger partial charge in [0.15, 0.2) is 11.5 Å². The molecule has 2 rings (SSSR count). The largest absolute Gasteiger partial charge is 0.493 e. The third-order valence-electron chi connectivity index (χ3n) is 2.81. The third kappa shape index (κ3) is 2.51. The molecule has 0 aliphatic rings.